The SMILES string of the molecule is COc1ccccc1NC(=O)NCCNC(=O)c1cn(C)nc1C(F)(F)F. The van der Waals surface area contributed by atoms with Gasteiger partial charge in [-0.1, -0.05) is 12.1 Å². The summed E-state index contributed by atoms with van der Waals surface area (Å²) in [6, 6.07) is 6.21. The van der Waals surface area contributed by atoms with Gasteiger partial charge in [-0.15, -0.1) is 0 Å². The molecular weight excluding hydrogens is 367 g/mol. The van der Waals surface area contributed by atoms with Gasteiger partial charge in [-0.2, -0.15) is 18.3 Å². The van der Waals surface area contributed by atoms with Gasteiger partial charge in [-0.3, -0.25) is 9.48 Å². The summed E-state index contributed by atoms with van der Waals surface area (Å²) in [5, 5.41) is 10.6. The van der Waals surface area contributed by atoms with Crippen molar-refractivity contribution in [2.24, 2.45) is 7.05 Å². The molecule has 3 N–H and O–H groups in total. The molecule has 8 nitrogen and oxygen atoms in total. The van der Waals surface area contributed by atoms with E-state index < -0.39 is 29.4 Å². The highest BCUT2D eigenvalue weighted by atomic mass is 19.4. The summed E-state index contributed by atoms with van der Waals surface area (Å²) in [4.78, 5) is 23.8. The lowest BCUT2D eigenvalue weighted by Gasteiger charge is -2.11. The molecule has 0 bridgehead atoms. The van der Waals surface area contributed by atoms with E-state index in [1.807, 2.05) is 0 Å². The second kappa shape index (κ2) is 8.43. The molecule has 1 heterocycles. The maximum absolute atomic E-state index is 12.9. The number of nitrogens with zero attached hydrogens (tertiary/aromatic N) is 2. The summed E-state index contributed by atoms with van der Waals surface area (Å²) in [5.74, 6) is -0.459. The third kappa shape index (κ3) is 5.36. The third-order valence-electron chi connectivity index (χ3n) is 3.39. The fourth-order valence-electron chi connectivity index (χ4n) is 2.23. The number of halogens is 3. The van der Waals surface area contributed by atoms with Gasteiger partial charge in [0.2, 0.25) is 0 Å². The van der Waals surface area contributed by atoms with E-state index in [1.165, 1.54) is 14.2 Å². The van der Waals surface area contributed by atoms with Crippen molar-refractivity contribution in [3.63, 3.8) is 0 Å². The Bertz CT molecular complexity index is 820. The zero-order valence-corrected chi connectivity index (χ0v) is 14.6. The summed E-state index contributed by atoms with van der Waals surface area (Å²) in [6.45, 7) is -0.0568. The van der Waals surface area contributed by atoms with Crippen LogP contribution in [0.4, 0.5) is 23.7 Å². The molecule has 2 aromatic rings. The first kappa shape index (κ1) is 20.1. The molecule has 0 aliphatic rings. The number of carbonyl (C=O) groups excluding carboxylic acids is 2. The molecule has 3 amide bonds. The van der Waals surface area contributed by atoms with E-state index in [0.29, 0.717) is 11.4 Å². The van der Waals surface area contributed by atoms with Gasteiger partial charge in [0.25, 0.3) is 5.91 Å². The van der Waals surface area contributed by atoms with Gasteiger partial charge >= 0.3 is 12.2 Å². The van der Waals surface area contributed by atoms with E-state index in [0.717, 1.165) is 10.9 Å². The fourth-order valence-corrected chi connectivity index (χ4v) is 2.23. The van der Waals surface area contributed by atoms with Crippen LogP contribution in [0.15, 0.2) is 30.5 Å². The lowest BCUT2D eigenvalue weighted by atomic mass is 10.2. The number of aromatic nitrogens is 2. The molecule has 27 heavy (non-hydrogen) atoms. The van der Waals surface area contributed by atoms with Crippen molar-refractivity contribution in [2.75, 3.05) is 25.5 Å². The lowest BCUT2D eigenvalue weighted by Crippen LogP contribution is -2.37. The third-order valence-corrected chi connectivity index (χ3v) is 3.39. The Balaban J connectivity index is 1.83. The number of hydrogen-bond donors (Lipinski definition) is 3. The van der Waals surface area contributed by atoms with Crippen LogP contribution in [0.5, 0.6) is 5.75 Å². The molecule has 1 aromatic carbocycles. The van der Waals surface area contributed by atoms with E-state index in [1.54, 1.807) is 24.3 Å². The number of urea groups is 1. The van der Waals surface area contributed by atoms with Crippen molar-refractivity contribution in [3.8, 4) is 5.75 Å². The topological polar surface area (TPSA) is 97.3 Å². The molecule has 0 radical (unpaired) electrons. The number of methoxy groups -OCH3 is 1. The second-order valence-electron chi connectivity index (χ2n) is 5.40. The van der Waals surface area contributed by atoms with Crippen LogP contribution < -0.4 is 20.7 Å². The molecule has 0 saturated carbocycles. The largest absolute Gasteiger partial charge is 0.495 e. The van der Waals surface area contributed by atoms with Crippen LogP contribution >= 0.6 is 0 Å². The molecular formula is C16H18F3N5O3. The Morgan fingerprint density at radius 3 is 2.52 bits per heavy atom. The van der Waals surface area contributed by atoms with Gasteiger partial charge in [0, 0.05) is 26.3 Å². The van der Waals surface area contributed by atoms with E-state index >= 15 is 0 Å². The first-order chi connectivity index (χ1) is 12.7. The summed E-state index contributed by atoms with van der Waals surface area (Å²) in [7, 11) is 2.75. The van der Waals surface area contributed by atoms with Crippen LogP contribution in [0.2, 0.25) is 0 Å². The maximum atomic E-state index is 12.9. The minimum absolute atomic E-state index is 0.00827. The van der Waals surface area contributed by atoms with Gasteiger partial charge in [-0.25, -0.2) is 4.79 Å². The number of ether oxygens (including phenoxy) is 1. The zero-order chi connectivity index (χ0) is 20.0. The lowest BCUT2D eigenvalue weighted by molar-refractivity contribution is -0.141. The Hall–Kier alpha value is -3.24. The fraction of sp³-hybridized carbons (Fsp3) is 0.312. The first-order valence-corrected chi connectivity index (χ1v) is 7.79. The predicted octanol–water partition coefficient (Wildman–Crippen LogP) is 2.00. The number of nitrogens with one attached hydrogen (secondary N) is 3. The van der Waals surface area contributed by atoms with Crippen LogP contribution in [0, 0.1) is 0 Å². The Kier molecular flexibility index (Phi) is 6.27. The molecule has 11 heteroatoms. The molecule has 0 fully saturated rings. The highest BCUT2D eigenvalue weighted by Gasteiger charge is 2.38. The summed E-state index contributed by atoms with van der Waals surface area (Å²) in [6.07, 6.45) is -3.75. The number of amides is 3. The van der Waals surface area contributed by atoms with E-state index in [-0.39, 0.29) is 13.1 Å². The van der Waals surface area contributed by atoms with Crippen molar-refractivity contribution in [2.45, 2.75) is 6.18 Å². The van der Waals surface area contributed by atoms with E-state index in [2.05, 4.69) is 21.0 Å². The van der Waals surface area contributed by atoms with Crippen molar-refractivity contribution < 1.29 is 27.5 Å². The van der Waals surface area contributed by atoms with Crippen LogP contribution in [0.3, 0.4) is 0 Å². The maximum Gasteiger partial charge on any atom is 0.435 e. The number of rotatable bonds is 6. The average molecular weight is 385 g/mol. The van der Waals surface area contributed by atoms with E-state index in [9.17, 15) is 22.8 Å². The quantitative estimate of drug-likeness (QED) is 0.663. The molecule has 146 valence electrons. The van der Waals surface area contributed by atoms with Gasteiger partial charge < -0.3 is 20.7 Å². The minimum atomic E-state index is -4.74. The summed E-state index contributed by atoms with van der Waals surface area (Å²) in [5.41, 5.74) is -1.39. The van der Waals surface area contributed by atoms with E-state index in [4.69, 9.17) is 4.74 Å². The van der Waals surface area contributed by atoms with Crippen LogP contribution in [-0.2, 0) is 13.2 Å². The standard InChI is InChI=1S/C16H18F3N5O3/c1-24-9-10(13(23-24)16(17,18)19)14(25)20-7-8-21-15(26)22-11-5-3-4-6-12(11)27-2/h3-6,9H,7-8H2,1-2H3,(H,20,25)(H2,21,22,26). The average Bonchev–Trinajstić information content (AvgIpc) is 3.01. The van der Waals surface area contributed by atoms with Gasteiger partial charge in [0.15, 0.2) is 5.69 Å². The number of para-hydroxylation sites is 2. The van der Waals surface area contributed by atoms with Gasteiger partial charge in [0.1, 0.15) is 5.75 Å². The Morgan fingerprint density at radius 2 is 1.85 bits per heavy atom. The number of alkyl halides is 3. The molecule has 0 aliphatic carbocycles. The molecule has 0 atom stereocenters. The number of hydrogen-bond acceptors (Lipinski definition) is 4. The minimum Gasteiger partial charge on any atom is -0.495 e. The molecule has 2 rings (SSSR count). The molecule has 0 unspecified atom stereocenters. The molecule has 0 spiro atoms. The number of benzene rings is 1. The normalized spacial score (nSPS) is 11.0. The van der Waals surface area contributed by atoms with Crippen molar-refractivity contribution in [1.82, 2.24) is 20.4 Å². The van der Waals surface area contributed by atoms with Crippen molar-refractivity contribution >= 4 is 17.6 Å². The predicted molar refractivity (Wildman–Crippen MR) is 90.6 cm³/mol. The summed E-state index contributed by atoms with van der Waals surface area (Å²) < 4.78 is 44.6. The Labute approximate surface area is 152 Å². The number of anilines is 1. The van der Waals surface area contributed by atoms with Crippen molar-refractivity contribution in [1.29, 1.82) is 0 Å². The Morgan fingerprint density at radius 1 is 1.19 bits per heavy atom. The molecule has 0 aliphatic heterocycles. The van der Waals surface area contributed by atoms with Crippen LogP contribution in [-0.4, -0.2) is 41.9 Å². The highest BCUT2D eigenvalue weighted by molar-refractivity contribution is 5.95. The molecule has 0 saturated heterocycles. The second-order valence-corrected chi connectivity index (χ2v) is 5.40. The molecule has 1 aromatic heterocycles. The van der Waals surface area contributed by atoms with Gasteiger partial charge in [-0.05, 0) is 12.1 Å². The number of carbonyl (C=O) groups is 2. The van der Waals surface area contributed by atoms with Gasteiger partial charge in [0.05, 0.1) is 18.4 Å². The summed E-state index contributed by atoms with van der Waals surface area (Å²) >= 11 is 0. The number of aryl methyl sites for hydroxylation is 1. The first-order valence-electron chi connectivity index (χ1n) is 7.79. The van der Waals surface area contributed by atoms with Crippen LogP contribution in [0.1, 0.15) is 16.1 Å². The van der Waals surface area contributed by atoms with Crippen LogP contribution in [0.25, 0.3) is 0 Å². The zero-order valence-electron chi connectivity index (χ0n) is 14.6. The highest BCUT2D eigenvalue weighted by Crippen LogP contribution is 2.30. The smallest absolute Gasteiger partial charge is 0.435 e. The van der Waals surface area contributed by atoms with Crippen molar-refractivity contribution in [3.05, 3.63) is 41.7 Å². The monoisotopic (exact) mass is 385 g/mol.